The molecule has 0 radical (unpaired) electrons. The van der Waals surface area contributed by atoms with Gasteiger partial charge in [-0.1, -0.05) is 17.8 Å². The number of fused-ring (bicyclic) bond motifs is 1. The Labute approximate surface area is 176 Å². The van der Waals surface area contributed by atoms with Gasteiger partial charge in [0.25, 0.3) is 0 Å². The van der Waals surface area contributed by atoms with Crippen LogP contribution >= 0.6 is 11.8 Å². The standard InChI is InChI=1S/C20H23F3N4O2S/c1-26(2)9-10-27-16-8-4-7-15(16)18(25-19(27)29)30-12-17(28)24-14-6-3-5-13(11-14)20(21,22)23/h3,5-6,11H,4,7-10,12H2,1-2H3,(H,24,28). The van der Waals surface area contributed by atoms with Crippen molar-refractivity contribution in [2.45, 2.75) is 37.0 Å². The van der Waals surface area contributed by atoms with Gasteiger partial charge in [0.2, 0.25) is 5.91 Å². The van der Waals surface area contributed by atoms with Gasteiger partial charge in [0.15, 0.2) is 0 Å². The summed E-state index contributed by atoms with van der Waals surface area (Å²) in [5, 5.41) is 3.01. The van der Waals surface area contributed by atoms with Gasteiger partial charge in [-0.15, -0.1) is 0 Å². The molecule has 10 heteroatoms. The predicted molar refractivity (Wildman–Crippen MR) is 110 cm³/mol. The topological polar surface area (TPSA) is 67.2 Å². The van der Waals surface area contributed by atoms with Crippen LogP contribution in [0.2, 0.25) is 0 Å². The molecule has 0 atom stereocenters. The number of nitrogens with one attached hydrogen (secondary N) is 1. The third kappa shape index (κ3) is 5.42. The lowest BCUT2D eigenvalue weighted by Crippen LogP contribution is -2.31. The Morgan fingerprint density at radius 1 is 1.30 bits per heavy atom. The van der Waals surface area contributed by atoms with Gasteiger partial charge in [0.05, 0.1) is 11.3 Å². The lowest BCUT2D eigenvalue weighted by Gasteiger charge is -2.16. The lowest BCUT2D eigenvalue weighted by molar-refractivity contribution is -0.137. The van der Waals surface area contributed by atoms with Crippen LogP contribution in [0.15, 0.2) is 34.1 Å². The van der Waals surface area contributed by atoms with E-state index in [2.05, 4.69) is 10.3 Å². The molecule has 0 unspecified atom stereocenters. The third-order valence-corrected chi connectivity index (χ3v) is 5.80. The highest BCUT2D eigenvalue weighted by Gasteiger charge is 2.30. The maximum Gasteiger partial charge on any atom is 0.416 e. The maximum absolute atomic E-state index is 12.8. The van der Waals surface area contributed by atoms with Crippen LogP contribution in [0.5, 0.6) is 0 Å². The number of aromatic nitrogens is 2. The zero-order chi connectivity index (χ0) is 21.9. The van der Waals surface area contributed by atoms with Crippen molar-refractivity contribution in [1.29, 1.82) is 0 Å². The van der Waals surface area contributed by atoms with E-state index in [1.54, 1.807) is 4.57 Å². The van der Waals surface area contributed by atoms with Crippen LogP contribution in [0, 0.1) is 0 Å². The minimum absolute atomic E-state index is 0.0448. The Balaban J connectivity index is 1.69. The molecule has 1 aliphatic carbocycles. The number of alkyl halides is 3. The predicted octanol–water partition coefficient (Wildman–Crippen LogP) is 3.04. The Morgan fingerprint density at radius 3 is 2.77 bits per heavy atom. The zero-order valence-corrected chi connectivity index (χ0v) is 17.6. The summed E-state index contributed by atoms with van der Waals surface area (Å²) in [5.41, 5.74) is 0.877. The quantitative estimate of drug-likeness (QED) is 0.530. The number of rotatable bonds is 7. The molecule has 1 N–H and O–H groups in total. The number of benzene rings is 1. The summed E-state index contributed by atoms with van der Waals surface area (Å²) in [4.78, 5) is 30.9. The number of carbonyl (C=O) groups is 1. The van der Waals surface area contributed by atoms with Crippen LogP contribution < -0.4 is 11.0 Å². The molecule has 30 heavy (non-hydrogen) atoms. The molecule has 1 amide bonds. The van der Waals surface area contributed by atoms with Crippen molar-refractivity contribution < 1.29 is 18.0 Å². The Kier molecular flexibility index (Phi) is 6.87. The highest BCUT2D eigenvalue weighted by molar-refractivity contribution is 8.00. The number of hydrogen-bond acceptors (Lipinski definition) is 5. The molecule has 3 rings (SSSR count). The van der Waals surface area contributed by atoms with Crippen LogP contribution in [0.3, 0.4) is 0 Å². The summed E-state index contributed by atoms with van der Waals surface area (Å²) in [5.74, 6) is -0.499. The number of amides is 1. The molecule has 0 saturated heterocycles. The SMILES string of the molecule is CN(C)CCn1c2c(c(SCC(=O)Nc3cccc(C(F)(F)F)c3)nc1=O)CCC2. The van der Waals surface area contributed by atoms with Gasteiger partial charge in [-0.3, -0.25) is 9.36 Å². The Morgan fingerprint density at radius 2 is 2.07 bits per heavy atom. The summed E-state index contributed by atoms with van der Waals surface area (Å²) in [6.07, 6.45) is -1.96. The van der Waals surface area contributed by atoms with E-state index in [0.717, 1.165) is 61.0 Å². The van der Waals surface area contributed by atoms with Crippen molar-refractivity contribution in [3.63, 3.8) is 0 Å². The van der Waals surface area contributed by atoms with Crippen LogP contribution in [0.4, 0.5) is 18.9 Å². The fraction of sp³-hybridized carbons (Fsp3) is 0.450. The normalized spacial score (nSPS) is 13.5. The molecular formula is C20H23F3N4O2S. The molecule has 0 fully saturated rings. The summed E-state index contributed by atoms with van der Waals surface area (Å²) >= 11 is 1.14. The average molecular weight is 440 g/mol. The van der Waals surface area contributed by atoms with E-state index >= 15 is 0 Å². The number of carbonyl (C=O) groups excluding carboxylic acids is 1. The highest BCUT2D eigenvalue weighted by atomic mass is 32.2. The summed E-state index contributed by atoms with van der Waals surface area (Å²) in [6.45, 7) is 1.28. The molecule has 6 nitrogen and oxygen atoms in total. The molecule has 1 aromatic heterocycles. The van der Waals surface area contributed by atoms with Crippen molar-refractivity contribution in [3.05, 3.63) is 51.6 Å². The summed E-state index contributed by atoms with van der Waals surface area (Å²) in [6, 6.07) is 4.49. The van der Waals surface area contributed by atoms with Gasteiger partial charge in [-0.2, -0.15) is 18.2 Å². The monoisotopic (exact) mass is 440 g/mol. The van der Waals surface area contributed by atoms with E-state index in [-0.39, 0.29) is 17.1 Å². The molecule has 0 bridgehead atoms. The first-order valence-electron chi connectivity index (χ1n) is 9.52. The van der Waals surface area contributed by atoms with Crippen LogP contribution in [0.25, 0.3) is 0 Å². The van der Waals surface area contributed by atoms with E-state index in [1.165, 1.54) is 12.1 Å². The first-order valence-corrected chi connectivity index (χ1v) is 10.5. The highest BCUT2D eigenvalue weighted by Crippen LogP contribution is 2.31. The van der Waals surface area contributed by atoms with Crippen molar-refractivity contribution in [2.24, 2.45) is 0 Å². The van der Waals surface area contributed by atoms with Crippen LogP contribution in [0.1, 0.15) is 23.2 Å². The zero-order valence-electron chi connectivity index (χ0n) is 16.8. The second-order valence-corrected chi connectivity index (χ2v) is 8.31. The van der Waals surface area contributed by atoms with Crippen molar-refractivity contribution in [1.82, 2.24) is 14.5 Å². The molecule has 1 aromatic carbocycles. The van der Waals surface area contributed by atoms with E-state index in [9.17, 15) is 22.8 Å². The van der Waals surface area contributed by atoms with Gasteiger partial charge in [0.1, 0.15) is 5.03 Å². The molecule has 0 aliphatic heterocycles. The molecular weight excluding hydrogens is 417 g/mol. The van der Waals surface area contributed by atoms with Crippen LogP contribution in [-0.2, 0) is 30.4 Å². The minimum atomic E-state index is -4.48. The number of thioether (sulfide) groups is 1. The minimum Gasteiger partial charge on any atom is -0.325 e. The first kappa shape index (κ1) is 22.4. The van der Waals surface area contributed by atoms with Gasteiger partial charge >= 0.3 is 11.9 Å². The number of likely N-dealkylation sites (N-methyl/N-ethyl adjacent to an activating group) is 1. The smallest absolute Gasteiger partial charge is 0.325 e. The average Bonchev–Trinajstić information content (AvgIpc) is 3.14. The fourth-order valence-corrected chi connectivity index (χ4v) is 4.22. The van der Waals surface area contributed by atoms with Crippen molar-refractivity contribution in [2.75, 3.05) is 31.7 Å². The van der Waals surface area contributed by atoms with Gasteiger partial charge in [0, 0.05) is 30.0 Å². The van der Waals surface area contributed by atoms with Crippen LogP contribution in [-0.4, -0.2) is 46.8 Å². The molecule has 0 spiro atoms. The summed E-state index contributed by atoms with van der Waals surface area (Å²) < 4.78 is 40.1. The largest absolute Gasteiger partial charge is 0.416 e. The second-order valence-electron chi connectivity index (χ2n) is 7.35. The Bertz CT molecular complexity index is 989. The number of halogens is 3. The van der Waals surface area contributed by atoms with E-state index < -0.39 is 17.6 Å². The number of anilines is 1. The first-order chi connectivity index (χ1) is 14.1. The second kappa shape index (κ2) is 9.22. The molecule has 0 saturated carbocycles. The van der Waals surface area contributed by atoms with E-state index in [4.69, 9.17) is 0 Å². The van der Waals surface area contributed by atoms with Gasteiger partial charge in [-0.25, -0.2) is 4.79 Å². The Hall–Kier alpha value is -2.33. The summed E-state index contributed by atoms with van der Waals surface area (Å²) in [7, 11) is 3.87. The lowest BCUT2D eigenvalue weighted by atomic mass is 10.2. The third-order valence-electron chi connectivity index (χ3n) is 4.79. The van der Waals surface area contributed by atoms with E-state index in [1.807, 2.05) is 19.0 Å². The van der Waals surface area contributed by atoms with Gasteiger partial charge in [-0.05, 0) is 51.6 Å². The van der Waals surface area contributed by atoms with E-state index in [0.29, 0.717) is 11.6 Å². The molecule has 1 aliphatic rings. The van der Waals surface area contributed by atoms with Crippen molar-refractivity contribution in [3.8, 4) is 0 Å². The maximum atomic E-state index is 12.8. The number of hydrogen-bond donors (Lipinski definition) is 1. The number of nitrogens with zero attached hydrogens (tertiary/aromatic N) is 3. The molecule has 1 heterocycles. The fourth-order valence-electron chi connectivity index (χ4n) is 3.34. The molecule has 2 aromatic rings. The van der Waals surface area contributed by atoms with Gasteiger partial charge < -0.3 is 10.2 Å². The van der Waals surface area contributed by atoms with Crippen molar-refractivity contribution >= 4 is 23.4 Å². The molecule has 162 valence electrons.